The minimum absolute atomic E-state index is 0.207. The molecule has 2 nitrogen and oxygen atoms in total. The maximum Gasteiger partial charge on any atom is 0.251 e. The minimum atomic E-state index is -1.81. The van der Waals surface area contributed by atoms with Gasteiger partial charge in [0.15, 0.2) is 0 Å². The fraction of sp³-hybridized carbons (Fsp3) is 0.632. The van der Waals surface area contributed by atoms with Gasteiger partial charge in [-0.05, 0) is 60.9 Å². The molecule has 0 aromatic carbocycles. The molecule has 1 aromatic rings. The number of unbranched alkanes of at least 4 members (excludes halogenated alkanes) is 4. The van der Waals surface area contributed by atoms with E-state index < -0.39 is 8.32 Å². The summed E-state index contributed by atoms with van der Waals surface area (Å²) >= 11 is 1.66. The summed E-state index contributed by atoms with van der Waals surface area (Å²) in [6.45, 7) is 13.7. The lowest BCUT2D eigenvalue weighted by molar-refractivity contribution is 0.415. The zero-order valence-corrected chi connectivity index (χ0v) is 17.5. The van der Waals surface area contributed by atoms with Gasteiger partial charge in [-0.3, -0.25) is 0 Å². The first kappa shape index (κ1) is 20.3. The largest absolute Gasteiger partial charge is 0.539 e. The highest BCUT2D eigenvalue weighted by atomic mass is 32.2. The molecule has 0 aliphatic heterocycles. The number of hydrogen-bond acceptors (Lipinski definition) is 3. The molecule has 1 heterocycles. The van der Waals surface area contributed by atoms with Gasteiger partial charge in [-0.15, -0.1) is 0 Å². The van der Waals surface area contributed by atoms with Crippen molar-refractivity contribution in [2.24, 2.45) is 0 Å². The molecule has 1 aromatic heterocycles. The molecular formula is C19H33NOSSi. The fourth-order valence-electron chi connectivity index (χ4n) is 1.81. The molecular weight excluding hydrogens is 318 g/mol. The lowest BCUT2D eigenvalue weighted by Crippen LogP contribution is -2.40. The highest BCUT2D eigenvalue weighted by Crippen LogP contribution is 2.40. The van der Waals surface area contributed by atoms with E-state index in [-0.39, 0.29) is 5.04 Å². The first-order valence-corrected chi connectivity index (χ1v) is 12.5. The standard InChI is InChI=1S/C19H33NOSSi/c1-7-8-9-10-11-15-18(21-23(5,6)19(2,3)4)22-17-14-12-13-16-20-17/h12-16H,7-11H2,1-6H3. The van der Waals surface area contributed by atoms with E-state index in [0.717, 1.165) is 16.5 Å². The van der Waals surface area contributed by atoms with Crippen molar-refractivity contribution < 1.29 is 4.43 Å². The molecule has 0 bridgehead atoms. The molecule has 1 rings (SSSR count). The van der Waals surface area contributed by atoms with E-state index in [9.17, 15) is 0 Å². The molecule has 0 saturated carbocycles. The molecule has 0 N–H and O–H groups in total. The van der Waals surface area contributed by atoms with Crippen LogP contribution in [0.4, 0.5) is 0 Å². The van der Waals surface area contributed by atoms with Crippen molar-refractivity contribution in [2.45, 2.75) is 83.0 Å². The Morgan fingerprint density at radius 1 is 1.22 bits per heavy atom. The average Bonchev–Trinajstić information content (AvgIpc) is 2.46. The monoisotopic (exact) mass is 351 g/mol. The highest BCUT2D eigenvalue weighted by Gasteiger charge is 2.39. The normalized spacial score (nSPS) is 13.2. The topological polar surface area (TPSA) is 22.1 Å². The van der Waals surface area contributed by atoms with Gasteiger partial charge in [0.25, 0.3) is 8.32 Å². The maximum absolute atomic E-state index is 6.54. The SMILES string of the molecule is CCCCCCC=C(O[Si](C)(C)C(C)(C)C)Sc1ccccn1. The molecule has 0 spiro atoms. The molecule has 0 aliphatic carbocycles. The molecule has 0 unspecified atom stereocenters. The number of hydrogen-bond donors (Lipinski definition) is 0. The summed E-state index contributed by atoms with van der Waals surface area (Å²) in [4.78, 5) is 4.43. The molecule has 0 saturated heterocycles. The van der Waals surface area contributed by atoms with Crippen LogP contribution in [0.3, 0.4) is 0 Å². The molecule has 23 heavy (non-hydrogen) atoms. The van der Waals surface area contributed by atoms with Gasteiger partial charge >= 0.3 is 0 Å². The Bertz CT molecular complexity index is 480. The van der Waals surface area contributed by atoms with E-state index in [1.165, 1.54) is 25.7 Å². The molecule has 0 radical (unpaired) electrons. The first-order valence-electron chi connectivity index (χ1n) is 8.74. The Hall–Kier alpha value is -0.743. The Morgan fingerprint density at radius 2 is 1.96 bits per heavy atom. The van der Waals surface area contributed by atoms with Gasteiger partial charge in [-0.2, -0.15) is 0 Å². The van der Waals surface area contributed by atoms with Crippen LogP contribution in [0.2, 0.25) is 18.1 Å². The summed E-state index contributed by atoms with van der Waals surface area (Å²) in [5.41, 5.74) is 0. The van der Waals surface area contributed by atoms with E-state index in [0.29, 0.717) is 0 Å². The van der Waals surface area contributed by atoms with E-state index in [4.69, 9.17) is 4.43 Å². The second-order valence-electron chi connectivity index (χ2n) is 7.50. The second-order valence-corrected chi connectivity index (χ2v) is 13.3. The number of nitrogens with zero attached hydrogens (tertiary/aromatic N) is 1. The van der Waals surface area contributed by atoms with Crippen LogP contribution >= 0.6 is 11.8 Å². The van der Waals surface area contributed by atoms with Crippen LogP contribution in [0.15, 0.2) is 40.6 Å². The predicted octanol–water partition coefficient (Wildman–Crippen LogP) is 7.01. The lowest BCUT2D eigenvalue weighted by atomic mass is 10.1. The van der Waals surface area contributed by atoms with Gasteiger partial charge in [0.2, 0.25) is 0 Å². The molecule has 0 aliphatic rings. The number of rotatable bonds is 9. The van der Waals surface area contributed by atoms with Crippen molar-refractivity contribution in [3.8, 4) is 0 Å². The smallest absolute Gasteiger partial charge is 0.251 e. The van der Waals surface area contributed by atoms with Crippen molar-refractivity contribution in [1.29, 1.82) is 0 Å². The molecule has 0 atom stereocenters. The van der Waals surface area contributed by atoms with Gasteiger partial charge in [-0.25, -0.2) is 4.98 Å². The number of aromatic nitrogens is 1. The average molecular weight is 352 g/mol. The number of pyridine rings is 1. The second kappa shape index (κ2) is 9.53. The Labute approximate surface area is 148 Å². The van der Waals surface area contributed by atoms with Crippen molar-refractivity contribution >= 4 is 20.1 Å². The van der Waals surface area contributed by atoms with Crippen molar-refractivity contribution in [3.05, 3.63) is 35.6 Å². The number of thioether (sulfide) groups is 1. The van der Waals surface area contributed by atoms with Crippen LogP contribution in [0.5, 0.6) is 0 Å². The van der Waals surface area contributed by atoms with Gasteiger partial charge in [0, 0.05) is 6.20 Å². The van der Waals surface area contributed by atoms with Crippen LogP contribution in [0.25, 0.3) is 0 Å². The van der Waals surface area contributed by atoms with Crippen LogP contribution in [-0.4, -0.2) is 13.3 Å². The molecule has 0 fully saturated rings. The maximum atomic E-state index is 6.54. The first-order chi connectivity index (χ1) is 10.8. The quantitative estimate of drug-likeness (QED) is 0.207. The number of allylic oxidation sites excluding steroid dienone is 1. The van der Waals surface area contributed by atoms with E-state index in [2.05, 4.69) is 51.8 Å². The van der Waals surface area contributed by atoms with E-state index in [1.54, 1.807) is 11.8 Å². The van der Waals surface area contributed by atoms with Gasteiger partial charge < -0.3 is 4.43 Å². The van der Waals surface area contributed by atoms with Crippen LogP contribution < -0.4 is 0 Å². The van der Waals surface area contributed by atoms with Crippen molar-refractivity contribution in [3.63, 3.8) is 0 Å². The predicted molar refractivity (Wildman–Crippen MR) is 105 cm³/mol. The molecule has 0 amide bonds. The third-order valence-electron chi connectivity index (χ3n) is 4.37. The van der Waals surface area contributed by atoms with Crippen LogP contribution in [0, 0.1) is 0 Å². The van der Waals surface area contributed by atoms with E-state index >= 15 is 0 Å². The third-order valence-corrected chi connectivity index (χ3v) is 9.77. The van der Waals surface area contributed by atoms with Crippen LogP contribution in [0.1, 0.15) is 59.8 Å². The van der Waals surface area contributed by atoms with Gasteiger partial charge in [-0.1, -0.05) is 53.0 Å². The lowest BCUT2D eigenvalue weighted by Gasteiger charge is -2.37. The summed E-state index contributed by atoms with van der Waals surface area (Å²) in [5, 5.41) is 2.25. The van der Waals surface area contributed by atoms with Gasteiger partial charge in [0.1, 0.15) is 10.1 Å². The van der Waals surface area contributed by atoms with Crippen molar-refractivity contribution in [2.75, 3.05) is 0 Å². The summed E-state index contributed by atoms with van der Waals surface area (Å²) in [6.07, 6.45) is 10.3. The third kappa shape index (κ3) is 7.58. The highest BCUT2D eigenvalue weighted by molar-refractivity contribution is 8.02. The zero-order chi connectivity index (χ0) is 17.3. The molecule has 4 heteroatoms. The molecule has 130 valence electrons. The van der Waals surface area contributed by atoms with Crippen LogP contribution in [-0.2, 0) is 4.43 Å². The summed E-state index contributed by atoms with van der Waals surface area (Å²) in [5.74, 6) is 0. The van der Waals surface area contributed by atoms with Crippen molar-refractivity contribution in [1.82, 2.24) is 4.98 Å². The van der Waals surface area contributed by atoms with E-state index in [1.807, 2.05) is 24.4 Å². The Kier molecular flexibility index (Phi) is 8.41. The zero-order valence-electron chi connectivity index (χ0n) is 15.7. The van der Waals surface area contributed by atoms with Gasteiger partial charge in [0.05, 0.1) is 0 Å². The summed E-state index contributed by atoms with van der Waals surface area (Å²) in [7, 11) is -1.81. The summed E-state index contributed by atoms with van der Waals surface area (Å²) in [6, 6.07) is 6.03. The minimum Gasteiger partial charge on any atom is -0.539 e. The Balaban J connectivity index is 2.77. The fourth-order valence-corrected chi connectivity index (χ4v) is 4.16. The summed E-state index contributed by atoms with van der Waals surface area (Å²) < 4.78 is 6.54. The Morgan fingerprint density at radius 3 is 2.52 bits per heavy atom.